The standard InChI is InChI=1S/C46H62N4O13S/c1-58-39-28-32(14-18-37(39)53)12-16-34(51)30-35(52)17-13-33-15-19-38(40(29-33)59-2)63-44(56)11-5-10-43(55)48-21-7-23-61-25-27-62-26-24-60-22-6-20-47-42(54)9-4-3-8-41-45-36(31-64-41)49-46(57)50-45/h12-19,28-29,36,41,45,53H,3-11,20-27,30-31H2,1-2H3,(H,47,54)(H,48,55)(H2,49,50,57)/b16-12+,17-13+/t36-,41-,45-/m0/s1. The Hall–Kier alpha value is -5.43. The first-order valence-corrected chi connectivity index (χ1v) is 22.7. The van der Waals surface area contributed by atoms with Crippen molar-refractivity contribution in [2.75, 3.05) is 72.7 Å². The molecule has 4 rings (SSSR count). The van der Waals surface area contributed by atoms with Crippen molar-refractivity contribution in [3.05, 3.63) is 59.7 Å². The maximum atomic E-state index is 12.5. The summed E-state index contributed by atoms with van der Waals surface area (Å²) in [5.74, 6) is 0.192. The number of methoxy groups -OCH3 is 2. The molecule has 0 spiro atoms. The first kappa shape index (κ1) is 51.2. The van der Waals surface area contributed by atoms with Crippen LogP contribution in [0, 0.1) is 0 Å². The van der Waals surface area contributed by atoms with E-state index in [-0.39, 0.29) is 72.2 Å². The van der Waals surface area contributed by atoms with E-state index in [0.29, 0.717) is 88.4 Å². The maximum Gasteiger partial charge on any atom is 0.315 e. The minimum atomic E-state index is -0.527. The van der Waals surface area contributed by atoms with E-state index >= 15 is 0 Å². The van der Waals surface area contributed by atoms with Crippen molar-refractivity contribution in [1.82, 2.24) is 21.3 Å². The van der Waals surface area contributed by atoms with E-state index in [1.807, 2.05) is 11.8 Å². The van der Waals surface area contributed by atoms with Gasteiger partial charge in [-0.1, -0.05) is 30.7 Å². The minimum Gasteiger partial charge on any atom is -0.504 e. The molecule has 2 aromatic carbocycles. The lowest BCUT2D eigenvalue weighted by atomic mass is 10.0. The summed E-state index contributed by atoms with van der Waals surface area (Å²) in [7, 11) is 2.84. The van der Waals surface area contributed by atoms with E-state index in [2.05, 4.69) is 21.3 Å². The monoisotopic (exact) mass is 910 g/mol. The number of phenolic OH excluding ortho intramolecular Hbond substituents is 1. The Labute approximate surface area is 378 Å². The quantitative estimate of drug-likeness (QED) is 0.0170. The number of esters is 1. The zero-order chi connectivity index (χ0) is 45.9. The highest BCUT2D eigenvalue weighted by Gasteiger charge is 2.42. The van der Waals surface area contributed by atoms with Crippen LogP contribution in [0.1, 0.15) is 75.3 Å². The van der Waals surface area contributed by atoms with Crippen LogP contribution < -0.4 is 35.5 Å². The number of hydrogen-bond acceptors (Lipinski definition) is 14. The number of phenols is 1. The number of benzene rings is 2. The molecule has 2 aliphatic heterocycles. The van der Waals surface area contributed by atoms with E-state index < -0.39 is 17.5 Å². The van der Waals surface area contributed by atoms with Crippen LogP contribution in [0.25, 0.3) is 12.2 Å². The predicted octanol–water partition coefficient (Wildman–Crippen LogP) is 4.53. The van der Waals surface area contributed by atoms with Crippen molar-refractivity contribution in [3.8, 4) is 23.0 Å². The van der Waals surface area contributed by atoms with E-state index in [9.17, 15) is 33.9 Å². The number of fused-ring (bicyclic) bond motifs is 1. The molecule has 2 aromatic rings. The molecule has 0 saturated carbocycles. The molecule has 0 radical (unpaired) electrons. The van der Waals surface area contributed by atoms with E-state index in [1.165, 1.54) is 50.7 Å². The summed E-state index contributed by atoms with van der Waals surface area (Å²) < 4.78 is 32.5. The molecule has 350 valence electrons. The first-order valence-electron chi connectivity index (χ1n) is 21.7. The van der Waals surface area contributed by atoms with Crippen LogP contribution >= 0.6 is 11.8 Å². The number of thioether (sulfide) groups is 1. The molecule has 64 heavy (non-hydrogen) atoms. The molecule has 3 atom stereocenters. The molecule has 0 bridgehead atoms. The van der Waals surface area contributed by atoms with Crippen molar-refractivity contribution < 1.29 is 62.3 Å². The Morgan fingerprint density at radius 2 is 1.28 bits per heavy atom. The number of carbonyl (C=O) groups is 6. The van der Waals surface area contributed by atoms with Crippen molar-refractivity contribution in [2.45, 2.75) is 81.5 Å². The molecule has 0 aliphatic carbocycles. The number of hydrogen-bond donors (Lipinski definition) is 5. The molecule has 4 amide bonds. The van der Waals surface area contributed by atoms with Crippen molar-refractivity contribution >= 4 is 59.3 Å². The molecule has 2 heterocycles. The molecular weight excluding hydrogens is 849 g/mol. The van der Waals surface area contributed by atoms with Crippen molar-refractivity contribution in [3.63, 3.8) is 0 Å². The van der Waals surface area contributed by atoms with Crippen LogP contribution in [0.5, 0.6) is 23.0 Å². The van der Waals surface area contributed by atoms with E-state index in [1.54, 1.807) is 24.3 Å². The third-order valence-corrected chi connectivity index (χ3v) is 11.6. The largest absolute Gasteiger partial charge is 0.504 e. The van der Waals surface area contributed by atoms with Crippen LogP contribution in [0.15, 0.2) is 48.6 Å². The number of urea groups is 1. The van der Waals surface area contributed by atoms with Gasteiger partial charge in [-0.15, -0.1) is 0 Å². The number of nitrogens with one attached hydrogen (secondary N) is 4. The normalized spacial score (nSPS) is 16.6. The smallest absolute Gasteiger partial charge is 0.315 e. The van der Waals surface area contributed by atoms with Gasteiger partial charge in [0.25, 0.3) is 0 Å². The molecule has 0 aromatic heterocycles. The fourth-order valence-corrected chi connectivity index (χ4v) is 8.25. The Kier molecular flexibility index (Phi) is 23.3. The zero-order valence-electron chi connectivity index (χ0n) is 36.7. The second kappa shape index (κ2) is 29.1. The number of amides is 4. The number of allylic oxidation sites excluding steroid dienone is 2. The topological polar surface area (TPSA) is 226 Å². The van der Waals surface area contributed by atoms with Crippen molar-refractivity contribution in [2.24, 2.45) is 0 Å². The van der Waals surface area contributed by atoms with Gasteiger partial charge < -0.3 is 54.8 Å². The second-order valence-corrected chi connectivity index (χ2v) is 16.3. The van der Waals surface area contributed by atoms with Gasteiger partial charge >= 0.3 is 12.0 Å². The second-order valence-electron chi connectivity index (χ2n) is 15.1. The summed E-state index contributed by atoms with van der Waals surface area (Å²) in [6, 6.07) is 9.75. The fraction of sp³-hybridized carbons (Fsp3) is 0.522. The van der Waals surface area contributed by atoms with Gasteiger partial charge in [-0.2, -0.15) is 11.8 Å². The Morgan fingerprint density at radius 1 is 0.703 bits per heavy atom. The SMILES string of the molecule is COc1cc(/C=C/C(=O)CC(=O)/C=C/c2ccc(OC(=O)CCCC(=O)NCCCOCCOCCOCCCNC(=O)CCCC[C@@H]3SC[C@@H]4NC(=O)N[C@@H]43)c(OC)c2)ccc1O. The lowest BCUT2D eigenvalue weighted by molar-refractivity contribution is -0.134. The Balaban J connectivity index is 0.924. The van der Waals surface area contributed by atoms with Crippen LogP contribution in [0.2, 0.25) is 0 Å². The molecule has 2 aliphatic rings. The van der Waals surface area contributed by atoms with Gasteiger partial charge in [0.1, 0.15) is 0 Å². The minimum absolute atomic E-state index is 0.0205. The van der Waals surface area contributed by atoms with Gasteiger partial charge in [-0.25, -0.2) is 4.79 Å². The third kappa shape index (κ3) is 19.5. The summed E-state index contributed by atoms with van der Waals surface area (Å²) in [6.45, 7) is 3.72. The van der Waals surface area contributed by atoms with Gasteiger partial charge in [0, 0.05) is 56.6 Å². The number of unbranched alkanes of at least 4 members (excludes halogenated alkanes) is 1. The van der Waals surface area contributed by atoms with E-state index in [4.69, 9.17) is 28.4 Å². The number of aromatic hydroxyl groups is 1. The Morgan fingerprint density at radius 3 is 1.91 bits per heavy atom. The van der Waals surface area contributed by atoms with Crippen LogP contribution in [-0.4, -0.2) is 131 Å². The summed E-state index contributed by atoms with van der Waals surface area (Å²) in [6.07, 6.45) is 10.4. The molecule has 5 N–H and O–H groups in total. The summed E-state index contributed by atoms with van der Waals surface area (Å²) >= 11 is 1.89. The van der Waals surface area contributed by atoms with Crippen LogP contribution in [0.4, 0.5) is 4.79 Å². The third-order valence-electron chi connectivity index (χ3n) is 10.1. The molecule has 2 saturated heterocycles. The Bertz CT molecular complexity index is 1910. The van der Waals surface area contributed by atoms with Gasteiger partial charge in [0.05, 0.1) is 59.2 Å². The van der Waals surface area contributed by atoms with Gasteiger partial charge in [0.2, 0.25) is 11.8 Å². The lowest BCUT2D eigenvalue weighted by Crippen LogP contribution is -2.36. The number of rotatable bonds is 32. The number of ketones is 2. The average molecular weight is 911 g/mol. The van der Waals surface area contributed by atoms with E-state index in [0.717, 1.165) is 31.4 Å². The maximum absolute atomic E-state index is 12.5. The van der Waals surface area contributed by atoms with Crippen LogP contribution in [0.3, 0.4) is 0 Å². The van der Waals surface area contributed by atoms with Crippen molar-refractivity contribution in [1.29, 1.82) is 0 Å². The predicted molar refractivity (Wildman–Crippen MR) is 242 cm³/mol. The lowest BCUT2D eigenvalue weighted by Gasteiger charge is -2.16. The molecule has 2 fully saturated rings. The summed E-state index contributed by atoms with van der Waals surface area (Å²) in [5, 5.41) is 21.8. The summed E-state index contributed by atoms with van der Waals surface area (Å²) in [4.78, 5) is 73.0. The zero-order valence-corrected chi connectivity index (χ0v) is 37.5. The highest BCUT2D eigenvalue weighted by molar-refractivity contribution is 8.00. The first-order chi connectivity index (χ1) is 31.0. The summed E-state index contributed by atoms with van der Waals surface area (Å²) in [5.41, 5.74) is 1.21. The highest BCUT2D eigenvalue weighted by atomic mass is 32.2. The molecule has 17 nitrogen and oxygen atoms in total. The fourth-order valence-electron chi connectivity index (χ4n) is 6.70. The number of carbonyl (C=O) groups excluding carboxylic acids is 6. The molecule has 18 heteroatoms. The van der Waals surface area contributed by atoms with Gasteiger partial charge in [-0.05, 0) is 79.6 Å². The average Bonchev–Trinajstić information content (AvgIpc) is 3.84. The molecule has 0 unspecified atom stereocenters. The van der Waals surface area contributed by atoms with Gasteiger partial charge in [0.15, 0.2) is 34.6 Å². The van der Waals surface area contributed by atoms with Gasteiger partial charge in [-0.3, -0.25) is 24.0 Å². The molecular formula is C46H62N4O13S. The highest BCUT2D eigenvalue weighted by Crippen LogP contribution is 2.33. The van der Waals surface area contributed by atoms with Crippen LogP contribution in [-0.2, 0) is 38.2 Å². The number of ether oxygens (including phenoxy) is 6.